The molecule has 1 fully saturated rings. The molecule has 0 unspecified atom stereocenters. The third-order valence-corrected chi connectivity index (χ3v) is 3.83. The zero-order valence-corrected chi connectivity index (χ0v) is 11.8. The number of rotatable bonds is 6. The molecule has 0 bridgehead atoms. The minimum absolute atomic E-state index is 0.196. The maximum atomic E-state index is 11.9. The maximum absolute atomic E-state index is 11.9. The van der Waals surface area contributed by atoms with Crippen molar-refractivity contribution in [1.29, 1.82) is 0 Å². The predicted molar refractivity (Wildman–Crippen MR) is 79.3 cm³/mol. The Morgan fingerprint density at radius 2 is 1.95 bits per heavy atom. The molecule has 0 atom stereocenters. The zero-order chi connectivity index (χ0) is 13.5. The van der Waals surface area contributed by atoms with Crippen molar-refractivity contribution >= 4 is 11.6 Å². The summed E-state index contributed by atoms with van der Waals surface area (Å²) in [5.41, 5.74) is 1.19. The average Bonchev–Trinajstić information content (AvgIpc) is 2.93. The summed E-state index contributed by atoms with van der Waals surface area (Å²) in [6.45, 7) is 3.85. The van der Waals surface area contributed by atoms with Gasteiger partial charge in [0, 0.05) is 31.2 Å². The maximum Gasteiger partial charge on any atom is 0.221 e. The lowest BCUT2D eigenvalue weighted by Gasteiger charge is -2.23. The molecule has 3 nitrogen and oxygen atoms in total. The van der Waals surface area contributed by atoms with Crippen LogP contribution in [0.1, 0.15) is 39.0 Å². The fraction of sp³-hybridized carbons (Fsp3) is 0.562. The highest BCUT2D eigenvalue weighted by Crippen LogP contribution is 2.18. The van der Waals surface area contributed by atoms with E-state index in [2.05, 4.69) is 29.3 Å². The van der Waals surface area contributed by atoms with Crippen molar-refractivity contribution in [2.24, 2.45) is 0 Å². The van der Waals surface area contributed by atoms with E-state index in [1.165, 1.54) is 18.5 Å². The Bertz CT molecular complexity index is 385. The second-order valence-electron chi connectivity index (χ2n) is 5.21. The smallest absolute Gasteiger partial charge is 0.221 e. The standard InChI is InChI=1S/C16H24N2O/c1-2-18(15-10-4-3-5-11-15)13-12-16(19)17-14-8-6-7-9-14/h3-5,10-11,14H,2,6-9,12-13H2,1H3,(H,17,19). The van der Waals surface area contributed by atoms with Crippen LogP contribution in [-0.4, -0.2) is 25.0 Å². The predicted octanol–water partition coefficient (Wildman–Crippen LogP) is 2.96. The van der Waals surface area contributed by atoms with Crippen LogP contribution in [0.5, 0.6) is 0 Å². The van der Waals surface area contributed by atoms with Crippen molar-refractivity contribution < 1.29 is 4.79 Å². The number of hydrogen-bond donors (Lipinski definition) is 1. The number of amides is 1. The van der Waals surface area contributed by atoms with Crippen LogP contribution in [0.25, 0.3) is 0 Å². The molecule has 0 saturated heterocycles. The Hall–Kier alpha value is -1.51. The van der Waals surface area contributed by atoms with Gasteiger partial charge in [-0.15, -0.1) is 0 Å². The second kappa shape index (κ2) is 7.17. The van der Waals surface area contributed by atoms with Crippen LogP contribution in [-0.2, 0) is 4.79 Å². The molecule has 19 heavy (non-hydrogen) atoms. The second-order valence-corrected chi connectivity index (χ2v) is 5.21. The Labute approximate surface area is 116 Å². The summed E-state index contributed by atoms with van der Waals surface area (Å²) in [5, 5.41) is 3.14. The summed E-state index contributed by atoms with van der Waals surface area (Å²) in [5.74, 6) is 0.196. The first-order chi connectivity index (χ1) is 9.29. The molecule has 0 spiro atoms. The Morgan fingerprint density at radius 1 is 1.26 bits per heavy atom. The average molecular weight is 260 g/mol. The fourth-order valence-corrected chi connectivity index (χ4v) is 2.72. The molecule has 2 rings (SSSR count). The lowest BCUT2D eigenvalue weighted by atomic mass is 10.2. The largest absolute Gasteiger partial charge is 0.371 e. The third kappa shape index (κ3) is 4.27. The van der Waals surface area contributed by atoms with E-state index in [1.807, 2.05) is 18.2 Å². The minimum Gasteiger partial charge on any atom is -0.371 e. The summed E-state index contributed by atoms with van der Waals surface area (Å²) in [6.07, 6.45) is 5.41. The van der Waals surface area contributed by atoms with Gasteiger partial charge in [-0.3, -0.25) is 4.79 Å². The van der Waals surface area contributed by atoms with Gasteiger partial charge in [0.1, 0.15) is 0 Å². The van der Waals surface area contributed by atoms with Crippen LogP contribution < -0.4 is 10.2 Å². The van der Waals surface area contributed by atoms with E-state index in [0.29, 0.717) is 12.5 Å². The van der Waals surface area contributed by atoms with Crippen LogP contribution in [0.3, 0.4) is 0 Å². The van der Waals surface area contributed by atoms with E-state index in [4.69, 9.17) is 0 Å². The van der Waals surface area contributed by atoms with Gasteiger partial charge >= 0.3 is 0 Å². The number of nitrogens with zero attached hydrogens (tertiary/aromatic N) is 1. The highest BCUT2D eigenvalue weighted by Gasteiger charge is 2.17. The Morgan fingerprint density at radius 3 is 2.58 bits per heavy atom. The molecule has 1 aliphatic carbocycles. The number of hydrogen-bond acceptors (Lipinski definition) is 2. The van der Waals surface area contributed by atoms with Crippen LogP contribution in [0.4, 0.5) is 5.69 Å². The van der Waals surface area contributed by atoms with E-state index in [-0.39, 0.29) is 5.91 Å². The van der Waals surface area contributed by atoms with Crippen LogP contribution in [0, 0.1) is 0 Å². The van der Waals surface area contributed by atoms with Gasteiger partial charge in [0.25, 0.3) is 0 Å². The van der Waals surface area contributed by atoms with Gasteiger partial charge in [-0.2, -0.15) is 0 Å². The monoisotopic (exact) mass is 260 g/mol. The zero-order valence-electron chi connectivity index (χ0n) is 11.8. The normalized spacial score (nSPS) is 15.4. The van der Waals surface area contributed by atoms with Crippen molar-refractivity contribution in [3.8, 4) is 0 Å². The SMILES string of the molecule is CCN(CCC(=O)NC1CCCC1)c1ccccc1. The molecule has 1 N–H and O–H groups in total. The van der Waals surface area contributed by atoms with Gasteiger partial charge in [-0.05, 0) is 31.9 Å². The van der Waals surface area contributed by atoms with E-state index < -0.39 is 0 Å². The fourth-order valence-electron chi connectivity index (χ4n) is 2.72. The Kier molecular flexibility index (Phi) is 5.25. The van der Waals surface area contributed by atoms with E-state index in [1.54, 1.807) is 0 Å². The van der Waals surface area contributed by atoms with Crippen molar-refractivity contribution in [2.75, 3.05) is 18.0 Å². The van der Waals surface area contributed by atoms with Gasteiger partial charge in [0.05, 0.1) is 0 Å². The van der Waals surface area contributed by atoms with Crippen LogP contribution in [0.2, 0.25) is 0 Å². The first-order valence-electron chi connectivity index (χ1n) is 7.39. The van der Waals surface area contributed by atoms with Crippen LogP contribution >= 0.6 is 0 Å². The number of carbonyl (C=O) groups excluding carboxylic acids is 1. The van der Waals surface area contributed by atoms with Gasteiger partial charge in [0.2, 0.25) is 5.91 Å². The Balaban J connectivity index is 1.78. The quantitative estimate of drug-likeness (QED) is 0.853. The molecule has 1 saturated carbocycles. The topological polar surface area (TPSA) is 32.3 Å². The number of benzene rings is 1. The molecule has 0 aliphatic heterocycles. The summed E-state index contributed by atoms with van der Waals surface area (Å²) in [4.78, 5) is 14.2. The molecular formula is C16H24N2O. The van der Waals surface area contributed by atoms with Crippen LogP contribution in [0.15, 0.2) is 30.3 Å². The molecule has 0 aromatic heterocycles. The molecule has 104 valence electrons. The van der Waals surface area contributed by atoms with Crippen molar-refractivity contribution in [1.82, 2.24) is 5.32 Å². The van der Waals surface area contributed by atoms with E-state index in [9.17, 15) is 4.79 Å². The van der Waals surface area contributed by atoms with Crippen molar-refractivity contribution in [2.45, 2.75) is 45.1 Å². The first-order valence-corrected chi connectivity index (χ1v) is 7.39. The molecule has 0 radical (unpaired) electrons. The lowest BCUT2D eigenvalue weighted by Crippen LogP contribution is -2.35. The molecule has 1 amide bonds. The highest BCUT2D eigenvalue weighted by atomic mass is 16.1. The molecule has 1 aromatic rings. The minimum atomic E-state index is 0.196. The van der Waals surface area contributed by atoms with E-state index in [0.717, 1.165) is 25.9 Å². The number of anilines is 1. The number of nitrogens with one attached hydrogen (secondary N) is 1. The third-order valence-electron chi connectivity index (χ3n) is 3.83. The summed E-state index contributed by atoms with van der Waals surface area (Å²) in [7, 11) is 0. The summed E-state index contributed by atoms with van der Waals surface area (Å²) in [6, 6.07) is 10.7. The van der Waals surface area contributed by atoms with Crippen molar-refractivity contribution in [3.05, 3.63) is 30.3 Å². The molecule has 3 heteroatoms. The van der Waals surface area contributed by atoms with E-state index >= 15 is 0 Å². The van der Waals surface area contributed by atoms with Gasteiger partial charge in [-0.25, -0.2) is 0 Å². The number of carbonyl (C=O) groups is 1. The molecule has 1 aliphatic rings. The van der Waals surface area contributed by atoms with Crippen molar-refractivity contribution in [3.63, 3.8) is 0 Å². The summed E-state index contributed by atoms with van der Waals surface area (Å²) < 4.78 is 0. The number of para-hydroxylation sites is 1. The van der Waals surface area contributed by atoms with Gasteiger partial charge in [-0.1, -0.05) is 31.0 Å². The first kappa shape index (κ1) is 13.9. The van der Waals surface area contributed by atoms with Gasteiger partial charge in [0.15, 0.2) is 0 Å². The molecule has 1 aromatic carbocycles. The summed E-state index contributed by atoms with van der Waals surface area (Å²) >= 11 is 0. The highest BCUT2D eigenvalue weighted by molar-refractivity contribution is 5.76. The lowest BCUT2D eigenvalue weighted by molar-refractivity contribution is -0.121. The molecular weight excluding hydrogens is 236 g/mol. The van der Waals surface area contributed by atoms with Gasteiger partial charge < -0.3 is 10.2 Å². The molecule has 0 heterocycles.